The predicted molar refractivity (Wildman–Crippen MR) is 164 cm³/mol. The molecule has 0 aliphatic carbocycles. The van der Waals surface area contributed by atoms with Gasteiger partial charge in [0.15, 0.2) is 0 Å². The van der Waals surface area contributed by atoms with E-state index in [-0.39, 0.29) is 16.8 Å². The van der Waals surface area contributed by atoms with E-state index in [0.29, 0.717) is 17.2 Å². The molecule has 1 saturated heterocycles. The number of hydrogen-bond acceptors (Lipinski definition) is 7. The summed E-state index contributed by atoms with van der Waals surface area (Å²) in [6, 6.07) is 16.1. The van der Waals surface area contributed by atoms with Gasteiger partial charge in [0.05, 0.1) is 10.3 Å². The Balaban J connectivity index is 1.19. The molecular formula is C32H32N6O3S. The number of nitrogens with one attached hydrogen (secondary N) is 3. The van der Waals surface area contributed by atoms with Gasteiger partial charge in [-0.15, -0.1) is 0 Å². The molecule has 1 amide bonds. The van der Waals surface area contributed by atoms with E-state index < -0.39 is 15.4 Å². The highest BCUT2D eigenvalue weighted by Crippen LogP contribution is 2.37. The van der Waals surface area contributed by atoms with Crippen molar-refractivity contribution in [2.75, 3.05) is 30.8 Å². The lowest BCUT2D eigenvalue weighted by atomic mass is 9.86. The summed E-state index contributed by atoms with van der Waals surface area (Å²) in [6.45, 7) is 5.57. The molecule has 2 aromatic carbocycles. The van der Waals surface area contributed by atoms with Crippen LogP contribution >= 0.6 is 0 Å². The van der Waals surface area contributed by atoms with E-state index in [4.69, 9.17) is 0 Å². The molecule has 4 heterocycles. The summed E-state index contributed by atoms with van der Waals surface area (Å²) in [6.07, 6.45) is 5.05. The zero-order valence-corrected chi connectivity index (χ0v) is 24.5. The minimum absolute atomic E-state index is 0.0218. The van der Waals surface area contributed by atoms with Gasteiger partial charge in [0.25, 0.3) is 0 Å². The van der Waals surface area contributed by atoms with Crippen LogP contribution < -0.4 is 15.4 Å². The Labute approximate surface area is 245 Å². The lowest BCUT2D eigenvalue weighted by Crippen LogP contribution is -2.43. The Morgan fingerprint density at radius 1 is 1.00 bits per heavy atom. The molecule has 1 fully saturated rings. The first-order valence-corrected chi connectivity index (χ1v) is 15.4. The molecule has 0 bridgehead atoms. The molecule has 2 aliphatic heterocycles. The van der Waals surface area contributed by atoms with Crippen molar-refractivity contribution in [2.45, 2.75) is 43.0 Å². The van der Waals surface area contributed by atoms with E-state index in [1.54, 1.807) is 36.7 Å². The summed E-state index contributed by atoms with van der Waals surface area (Å²) in [4.78, 5) is 23.7. The minimum Gasteiger partial charge on any atom is -0.340 e. The number of amides is 1. The third kappa shape index (κ3) is 5.59. The number of pyridine rings is 2. The molecule has 3 N–H and O–H groups in total. The molecule has 214 valence electrons. The van der Waals surface area contributed by atoms with E-state index in [9.17, 15) is 13.2 Å². The molecule has 10 heteroatoms. The highest BCUT2D eigenvalue weighted by atomic mass is 32.2. The maximum atomic E-state index is 12.9. The van der Waals surface area contributed by atoms with Crippen LogP contribution in [0.1, 0.15) is 43.5 Å². The van der Waals surface area contributed by atoms with Gasteiger partial charge in [0.1, 0.15) is 11.5 Å². The molecule has 9 nitrogen and oxygen atoms in total. The van der Waals surface area contributed by atoms with Crippen molar-refractivity contribution in [1.29, 1.82) is 0 Å². The Morgan fingerprint density at radius 3 is 2.52 bits per heavy atom. The molecule has 42 heavy (non-hydrogen) atoms. The fourth-order valence-electron chi connectivity index (χ4n) is 5.32. The van der Waals surface area contributed by atoms with Crippen molar-refractivity contribution in [3.63, 3.8) is 0 Å². The number of likely N-dealkylation sites (tertiary alicyclic amines) is 1. The van der Waals surface area contributed by atoms with Crippen LogP contribution in [0.2, 0.25) is 0 Å². The monoisotopic (exact) mass is 580 g/mol. The number of aromatic nitrogens is 2. The number of fused-ring (bicyclic) bond motifs is 2. The maximum absolute atomic E-state index is 12.9. The van der Waals surface area contributed by atoms with Crippen LogP contribution in [0.25, 0.3) is 10.8 Å². The summed E-state index contributed by atoms with van der Waals surface area (Å²) < 4.78 is 28.6. The Morgan fingerprint density at radius 2 is 1.76 bits per heavy atom. The quantitative estimate of drug-likeness (QED) is 0.300. The van der Waals surface area contributed by atoms with Crippen molar-refractivity contribution >= 4 is 43.9 Å². The topological polar surface area (TPSA) is 116 Å². The molecule has 4 aromatic rings. The first-order valence-electron chi connectivity index (χ1n) is 13.9. The van der Waals surface area contributed by atoms with Gasteiger partial charge in [-0.3, -0.25) is 4.79 Å². The van der Waals surface area contributed by atoms with Crippen molar-refractivity contribution in [3.8, 4) is 11.8 Å². The van der Waals surface area contributed by atoms with Gasteiger partial charge in [0, 0.05) is 46.1 Å². The smallest absolute Gasteiger partial charge is 0.240 e. The number of hydrogen-bond donors (Lipinski definition) is 3. The van der Waals surface area contributed by atoms with E-state index in [1.807, 2.05) is 51.2 Å². The molecule has 6 rings (SSSR count). The van der Waals surface area contributed by atoms with E-state index in [0.717, 1.165) is 53.5 Å². The lowest BCUT2D eigenvalue weighted by Gasteiger charge is -2.29. The van der Waals surface area contributed by atoms with Crippen molar-refractivity contribution < 1.29 is 13.2 Å². The summed E-state index contributed by atoms with van der Waals surface area (Å²) in [5.74, 6) is 6.91. The number of sulfonamides is 1. The van der Waals surface area contributed by atoms with Gasteiger partial charge in [-0.1, -0.05) is 12.0 Å². The van der Waals surface area contributed by atoms with Crippen LogP contribution in [0.15, 0.2) is 71.9 Å². The Bertz CT molecular complexity index is 1850. The second-order valence-corrected chi connectivity index (χ2v) is 13.1. The van der Waals surface area contributed by atoms with Crippen LogP contribution in [-0.2, 0) is 20.2 Å². The fourth-order valence-corrected chi connectivity index (χ4v) is 6.62. The Kier molecular flexibility index (Phi) is 7.19. The average Bonchev–Trinajstić information content (AvgIpc) is 3.20. The van der Waals surface area contributed by atoms with Gasteiger partial charge in [-0.05, 0) is 107 Å². The molecule has 2 aliphatic rings. The van der Waals surface area contributed by atoms with Gasteiger partial charge in [-0.2, -0.15) is 0 Å². The summed E-state index contributed by atoms with van der Waals surface area (Å²) in [5.41, 5.74) is 3.27. The molecule has 0 radical (unpaired) electrons. The standard InChI is InChI=1S/C32H32N6O3S/c1-32(2)27-10-4-21(18-29(27)36-31(32)39)5-11-28-26-19-30(34-20-22(26)12-15-33-28)35-23-6-8-25(9-7-23)42(40,41)37-24-13-16-38(3)17-14-24/h4,6-10,12,15,18-20,24,37H,13-14,16-17H2,1-3H3,(H,34,35)(H,36,39). The van der Waals surface area contributed by atoms with Gasteiger partial charge in [-0.25, -0.2) is 23.1 Å². The van der Waals surface area contributed by atoms with Crippen molar-refractivity contribution in [1.82, 2.24) is 19.6 Å². The zero-order chi connectivity index (χ0) is 29.5. The third-order valence-corrected chi connectivity index (χ3v) is 9.50. The SMILES string of the molecule is CN1CCC(NS(=O)(=O)c2ccc(Nc3cc4c(C#Cc5ccc6c(c5)NC(=O)C6(C)C)nccc4cn3)cc2)CC1. The summed E-state index contributed by atoms with van der Waals surface area (Å²) in [5, 5.41) is 7.92. The molecule has 0 atom stereocenters. The van der Waals surface area contributed by atoms with Crippen LogP contribution in [0, 0.1) is 11.8 Å². The van der Waals surface area contributed by atoms with Crippen molar-refractivity contribution in [2.24, 2.45) is 0 Å². The molecule has 0 unspecified atom stereocenters. The highest BCUT2D eigenvalue weighted by molar-refractivity contribution is 7.89. The normalized spacial score (nSPS) is 16.9. The van der Waals surface area contributed by atoms with Crippen LogP contribution in [0.4, 0.5) is 17.2 Å². The van der Waals surface area contributed by atoms with Gasteiger partial charge in [0.2, 0.25) is 15.9 Å². The first-order chi connectivity index (χ1) is 20.1. The second-order valence-electron chi connectivity index (χ2n) is 11.4. The van der Waals surface area contributed by atoms with E-state index in [2.05, 4.69) is 42.1 Å². The fraction of sp³-hybridized carbons (Fsp3) is 0.281. The predicted octanol–water partition coefficient (Wildman–Crippen LogP) is 4.38. The minimum atomic E-state index is -3.60. The number of nitrogens with zero attached hydrogens (tertiary/aromatic N) is 3. The zero-order valence-electron chi connectivity index (χ0n) is 23.7. The number of anilines is 3. The van der Waals surface area contributed by atoms with E-state index >= 15 is 0 Å². The second kappa shape index (κ2) is 10.8. The Hall–Kier alpha value is -4.30. The first kappa shape index (κ1) is 27.8. The number of carbonyl (C=O) groups is 1. The number of carbonyl (C=O) groups excluding carboxylic acids is 1. The van der Waals surface area contributed by atoms with Gasteiger partial charge < -0.3 is 15.5 Å². The van der Waals surface area contributed by atoms with E-state index in [1.165, 1.54) is 0 Å². The molecule has 0 saturated carbocycles. The van der Waals surface area contributed by atoms with Crippen molar-refractivity contribution in [3.05, 3.63) is 83.8 Å². The highest BCUT2D eigenvalue weighted by Gasteiger charge is 2.38. The number of piperidine rings is 1. The maximum Gasteiger partial charge on any atom is 0.240 e. The number of rotatable bonds is 5. The third-order valence-electron chi connectivity index (χ3n) is 7.96. The lowest BCUT2D eigenvalue weighted by molar-refractivity contribution is -0.119. The van der Waals surface area contributed by atoms with Gasteiger partial charge >= 0.3 is 0 Å². The number of benzene rings is 2. The van der Waals surface area contributed by atoms with Crippen LogP contribution in [0.3, 0.4) is 0 Å². The average molecular weight is 581 g/mol. The molecular weight excluding hydrogens is 548 g/mol. The molecule has 0 spiro atoms. The van der Waals surface area contributed by atoms with Crippen LogP contribution in [-0.4, -0.2) is 55.4 Å². The molecule has 2 aromatic heterocycles. The largest absolute Gasteiger partial charge is 0.340 e. The summed E-state index contributed by atoms with van der Waals surface area (Å²) >= 11 is 0. The summed E-state index contributed by atoms with van der Waals surface area (Å²) in [7, 11) is -1.55. The van der Waals surface area contributed by atoms with Crippen LogP contribution in [0.5, 0.6) is 0 Å².